The fourth-order valence-corrected chi connectivity index (χ4v) is 10.1. The Bertz CT molecular complexity index is 1200. The van der Waals surface area contributed by atoms with Crippen molar-refractivity contribution in [3.63, 3.8) is 0 Å². The summed E-state index contributed by atoms with van der Waals surface area (Å²) in [6.45, 7) is 10.7. The monoisotopic (exact) mass is 514 g/mol. The van der Waals surface area contributed by atoms with E-state index in [2.05, 4.69) is 51.6 Å². The molecule has 192 valence electrons. The standard InChI is InChI=1S/C31H34O5Si/c1-22-26(29(32)33)20-28(27(22)21-35-30(34)23-14-8-5-9-15-23)36-37(31(2,3)4,24-16-10-6-11-17-24)25-18-12-7-13-19-25/h5-19,26-28H,1,20-21H2,2-4H3,(H,32,33)/t26-,27+,28+/m1/s1. The van der Waals surface area contributed by atoms with Crippen molar-refractivity contribution in [1.29, 1.82) is 0 Å². The van der Waals surface area contributed by atoms with E-state index in [0.29, 0.717) is 11.1 Å². The fraction of sp³-hybridized carbons (Fsp3) is 0.290. The number of carbonyl (C=O) groups excluding carboxylic acids is 1. The molecule has 1 saturated carbocycles. The summed E-state index contributed by atoms with van der Waals surface area (Å²) in [5, 5.41) is 11.9. The van der Waals surface area contributed by atoms with E-state index in [-0.39, 0.29) is 18.1 Å². The molecule has 0 saturated heterocycles. The van der Waals surface area contributed by atoms with Crippen LogP contribution in [0.15, 0.2) is 103 Å². The Morgan fingerprint density at radius 2 is 1.38 bits per heavy atom. The third kappa shape index (κ3) is 5.31. The first-order valence-electron chi connectivity index (χ1n) is 12.6. The van der Waals surface area contributed by atoms with Gasteiger partial charge in [0.15, 0.2) is 0 Å². The Hall–Kier alpha value is -3.48. The molecule has 0 bridgehead atoms. The molecule has 1 aliphatic rings. The minimum Gasteiger partial charge on any atom is -0.481 e. The van der Waals surface area contributed by atoms with Crippen LogP contribution >= 0.6 is 0 Å². The molecule has 3 aromatic carbocycles. The molecule has 1 aliphatic carbocycles. The Morgan fingerprint density at radius 3 is 1.84 bits per heavy atom. The lowest BCUT2D eigenvalue weighted by atomic mass is 9.99. The van der Waals surface area contributed by atoms with Gasteiger partial charge in [-0.1, -0.05) is 112 Å². The predicted octanol–water partition coefficient (Wildman–Crippen LogP) is 5.07. The van der Waals surface area contributed by atoms with Gasteiger partial charge in [0.1, 0.15) is 6.61 Å². The van der Waals surface area contributed by atoms with Gasteiger partial charge in [0.2, 0.25) is 0 Å². The van der Waals surface area contributed by atoms with Crippen LogP contribution in [0.1, 0.15) is 37.6 Å². The summed E-state index contributed by atoms with van der Waals surface area (Å²) in [6.07, 6.45) is -0.185. The third-order valence-electron chi connectivity index (χ3n) is 7.29. The van der Waals surface area contributed by atoms with Crippen LogP contribution in [0.4, 0.5) is 0 Å². The number of hydrogen-bond donors (Lipinski definition) is 1. The zero-order valence-corrected chi connectivity index (χ0v) is 22.6. The van der Waals surface area contributed by atoms with E-state index in [1.165, 1.54) is 0 Å². The zero-order chi connectivity index (χ0) is 26.6. The molecule has 5 nitrogen and oxygen atoms in total. The molecule has 0 radical (unpaired) electrons. The van der Waals surface area contributed by atoms with Crippen LogP contribution in [0.25, 0.3) is 0 Å². The van der Waals surface area contributed by atoms with Gasteiger partial charge in [-0.3, -0.25) is 4.79 Å². The van der Waals surface area contributed by atoms with E-state index in [9.17, 15) is 14.7 Å². The molecule has 3 atom stereocenters. The highest BCUT2D eigenvalue weighted by molar-refractivity contribution is 6.99. The minimum atomic E-state index is -2.94. The van der Waals surface area contributed by atoms with Crippen molar-refractivity contribution in [3.8, 4) is 0 Å². The van der Waals surface area contributed by atoms with E-state index in [0.717, 1.165) is 10.4 Å². The van der Waals surface area contributed by atoms with Crippen molar-refractivity contribution in [2.45, 2.75) is 38.3 Å². The van der Waals surface area contributed by atoms with Gasteiger partial charge in [-0.05, 0) is 34.0 Å². The molecule has 0 aliphatic heterocycles. The van der Waals surface area contributed by atoms with Gasteiger partial charge in [-0.15, -0.1) is 0 Å². The second-order valence-corrected chi connectivity index (χ2v) is 14.8. The first kappa shape index (κ1) is 26.6. The lowest BCUT2D eigenvalue weighted by Crippen LogP contribution is -2.68. The summed E-state index contributed by atoms with van der Waals surface area (Å²) in [5.41, 5.74) is 0.988. The number of rotatable bonds is 8. The van der Waals surface area contributed by atoms with Crippen LogP contribution in [0.2, 0.25) is 5.04 Å². The smallest absolute Gasteiger partial charge is 0.338 e. The highest BCUT2D eigenvalue weighted by Gasteiger charge is 2.54. The Kier molecular flexibility index (Phi) is 7.81. The lowest BCUT2D eigenvalue weighted by molar-refractivity contribution is -0.140. The van der Waals surface area contributed by atoms with Crippen molar-refractivity contribution in [1.82, 2.24) is 0 Å². The minimum absolute atomic E-state index is 0.0131. The SMILES string of the molecule is C=C1[C@H](C(=O)O)C[C@H](O[Si](c2ccccc2)(c2ccccc2)C(C)(C)C)[C@H]1COC(=O)c1ccccc1. The number of esters is 1. The van der Waals surface area contributed by atoms with E-state index in [4.69, 9.17) is 9.16 Å². The highest BCUT2D eigenvalue weighted by Crippen LogP contribution is 2.44. The molecule has 6 heteroatoms. The summed E-state index contributed by atoms with van der Waals surface area (Å²) in [6, 6.07) is 29.2. The fourth-order valence-electron chi connectivity index (χ4n) is 5.39. The van der Waals surface area contributed by atoms with Crippen molar-refractivity contribution in [2.24, 2.45) is 11.8 Å². The Morgan fingerprint density at radius 1 is 0.892 bits per heavy atom. The average Bonchev–Trinajstić information content (AvgIpc) is 3.21. The third-order valence-corrected chi connectivity index (χ3v) is 12.3. The molecular weight excluding hydrogens is 480 g/mol. The van der Waals surface area contributed by atoms with Gasteiger partial charge in [0.25, 0.3) is 8.32 Å². The quantitative estimate of drug-likeness (QED) is 0.258. The maximum atomic E-state index is 12.7. The summed E-state index contributed by atoms with van der Waals surface area (Å²) in [7, 11) is -2.94. The van der Waals surface area contributed by atoms with E-state index in [1.54, 1.807) is 24.3 Å². The van der Waals surface area contributed by atoms with Gasteiger partial charge in [-0.2, -0.15) is 0 Å². The summed E-state index contributed by atoms with van der Waals surface area (Å²) < 4.78 is 13.0. The molecule has 0 spiro atoms. The van der Waals surface area contributed by atoms with Gasteiger partial charge in [0.05, 0.1) is 17.6 Å². The van der Waals surface area contributed by atoms with Crippen LogP contribution < -0.4 is 10.4 Å². The first-order valence-corrected chi connectivity index (χ1v) is 14.5. The van der Waals surface area contributed by atoms with Crippen LogP contribution in [0.5, 0.6) is 0 Å². The summed E-state index contributed by atoms with van der Waals surface area (Å²) in [5.74, 6) is -2.58. The van der Waals surface area contributed by atoms with E-state index < -0.39 is 38.2 Å². The Balaban J connectivity index is 1.74. The van der Waals surface area contributed by atoms with Crippen LogP contribution in [-0.4, -0.2) is 38.1 Å². The first-order chi connectivity index (χ1) is 17.6. The molecule has 1 N–H and O–H groups in total. The molecule has 0 amide bonds. The largest absolute Gasteiger partial charge is 0.481 e. The van der Waals surface area contributed by atoms with Gasteiger partial charge in [-0.25, -0.2) is 4.79 Å². The van der Waals surface area contributed by atoms with Gasteiger partial charge >= 0.3 is 11.9 Å². The maximum Gasteiger partial charge on any atom is 0.338 e. The number of carboxylic acid groups (broad SMARTS) is 1. The number of aliphatic carboxylic acids is 1. The summed E-state index contributed by atoms with van der Waals surface area (Å²) >= 11 is 0. The lowest BCUT2D eigenvalue weighted by Gasteiger charge is -2.45. The summed E-state index contributed by atoms with van der Waals surface area (Å²) in [4.78, 5) is 24.9. The molecule has 0 heterocycles. The van der Waals surface area contributed by atoms with Crippen molar-refractivity contribution < 1.29 is 23.9 Å². The van der Waals surface area contributed by atoms with E-state index in [1.807, 2.05) is 42.5 Å². The number of ether oxygens (including phenoxy) is 1. The normalized spacial score (nSPS) is 20.0. The van der Waals surface area contributed by atoms with Crippen LogP contribution in [0, 0.1) is 11.8 Å². The molecule has 3 aromatic rings. The predicted molar refractivity (Wildman–Crippen MR) is 148 cm³/mol. The van der Waals surface area contributed by atoms with Gasteiger partial charge < -0.3 is 14.3 Å². The molecule has 0 aromatic heterocycles. The van der Waals surface area contributed by atoms with Crippen molar-refractivity contribution in [3.05, 3.63) is 109 Å². The maximum absolute atomic E-state index is 12.7. The topological polar surface area (TPSA) is 72.8 Å². The van der Waals surface area contributed by atoms with Gasteiger partial charge in [0, 0.05) is 5.92 Å². The Labute approximate surface area is 219 Å². The van der Waals surface area contributed by atoms with Crippen molar-refractivity contribution in [2.75, 3.05) is 6.61 Å². The molecule has 1 fully saturated rings. The second-order valence-electron chi connectivity index (χ2n) is 10.6. The van der Waals surface area contributed by atoms with Crippen molar-refractivity contribution >= 4 is 30.6 Å². The zero-order valence-electron chi connectivity index (χ0n) is 21.6. The number of hydrogen-bond acceptors (Lipinski definition) is 4. The molecular formula is C31H34O5Si. The van der Waals surface area contributed by atoms with Crippen LogP contribution in [-0.2, 0) is 14.0 Å². The second kappa shape index (κ2) is 10.9. The number of carbonyl (C=O) groups is 2. The van der Waals surface area contributed by atoms with E-state index >= 15 is 0 Å². The highest BCUT2D eigenvalue weighted by atomic mass is 28.4. The number of benzene rings is 3. The molecule has 0 unspecified atom stereocenters. The van der Waals surface area contributed by atoms with Crippen LogP contribution in [0.3, 0.4) is 0 Å². The average molecular weight is 515 g/mol. The molecule has 37 heavy (non-hydrogen) atoms. The molecule has 4 rings (SSSR count). The number of carboxylic acids is 1.